The van der Waals surface area contributed by atoms with Gasteiger partial charge in [-0.3, -0.25) is 0 Å². The molecule has 0 radical (unpaired) electrons. The van der Waals surface area contributed by atoms with E-state index in [1.807, 2.05) is 18.5 Å². The standard InChI is InChI=1S/C23H35N7/c1-16(18-9-6-5-7-10-18)25-23(24-15-22-28-27-17(2)29(22)3)26-19-13-20-11-8-12-21(14-19)30(20)4/h5-7,9-10,16,19-21H,8,11-15H2,1-4H3,(H2,24,25,26). The number of aliphatic imine (C=N–C) groups is 1. The van der Waals surface area contributed by atoms with Crippen LogP contribution in [-0.2, 0) is 13.6 Å². The lowest BCUT2D eigenvalue weighted by atomic mass is 9.82. The molecule has 1 aromatic carbocycles. The van der Waals surface area contributed by atoms with E-state index < -0.39 is 0 Å². The van der Waals surface area contributed by atoms with Gasteiger partial charge in [0, 0.05) is 25.2 Å². The van der Waals surface area contributed by atoms with Crippen molar-refractivity contribution in [2.24, 2.45) is 12.0 Å². The zero-order valence-corrected chi connectivity index (χ0v) is 18.7. The highest BCUT2D eigenvalue weighted by molar-refractivity contribution is 5.80. The molecule has 4 rings (SSSR count). The Bertz CT molecular complexity index is 846. The Hall–Kier alpha value is -2.41. The molecule has 2 saturated heterocycles. The number of hydrogen-bond acceptors (Lipinski definition) is 4. The summed E-state index contributed by atoms with van der Waals surface area (Å²) in [6, 6.07) is 12.5. The molecule has 3 heterocycles. The minimum Gasteiger partial charge on any atom is -0.354 e. The molecule has 3 atom stereocenters. The third kappa shape index (κ3) is 4.67. The van der Waals surface area contributed by atoms with Crippen molar-refractivity contribution in [1.82, 2.24) is 30.3 Å². The lowest BCUT2D eigenvalue weighted by Crippen LogP contribution is -2.56. The van der Waals surface area contributed by atoms with Gasteiger partial charge in [-0.25, -0.2) is 4.99 Å². The zero-order valence-electron chi connectivity index (χ0n) is 18.7. The van der Waals surface area contributed by atoms with Crippen LogP contribution in [0.2, 0.25) is 0 Å². The molecule has 0 aliphatic carbocycles. The minimum absolute atomic E-state index is 0.171. The molecule has 0 spiro atoms. The summed E-state index contributed by atoms with van der Waals surface area (Å²) in [6.45, 7) is 4.66. The molecule has 3 unspecified atom stereocenters. The molecule has 2 N–H and O–H groups in total. The van der Waals surface area contributed by atoms with Crippen LogP contribution in [0.25, 0.3) is 0 Å². The average Bonchev–Trinajstić information content (AvgIpc) is 3.05. The first-order valence-corrected chi connectivity index (χ1v) is 11.2. The maximum atomic E-state index is 4.90. The minimum atomic E-state index is 0.171. The van der Waals surface area contributed by atoms with Gasteiger partial charge < -0.3 is 20.1 Å². The molecule has 162 valence electrons. The normalized spacial score (nSPS) is 25.7. The number of guanidine groups is 1. The Morgan fingerprint density at radius 3 is 2.47 bits per heavy atom. The van der Waals surface area contributed by atoms with E-state index in [1.54, 1.807) is 0 Å². The molecule has 0 amide bonds. The van der Waals surface area contributed by atoms with E-state index in [0.717, 1.165) is 17.6 Å². The molecule has 2 fully saturated rings. The molecule has 2 aromatic rings. The number of aromatic nitrogens is 3. The number of nitrogens with one attached hydrogen (secondary N) is 2. The van der Waals surface area contributed by atoms with Gasteiger partial charge in [0.25, 0.3) is 0 Å². The van der Waals surface area contributed by atoms with Crippen LogP contribution < -0.4 is 10.6 Å². The van der Waals surface area contributed by atoms with Gasteiger partial charge in [-0.15, -0.1) is 10.2 Å². The van der Waals surface area contributed by atoms with E-state index in [4.69, 9.17) is 4.99 Å². The van der Waals surface area contributed by atoms with Crippen molar-refractivity contribution in [2.75, 3.05) is 7.05 Å². The lowest BCUT2D eigenvalue weighted by Gasteiger charge is -2.47. The van der Waals surface area contributed by atoms with Crippen LogP contribution in [0.4, 0.5) is 0 Å². The molecule has 2 aliphatic rings. The van der Waals surface area contributed by atoms with Gasteiger partial charge >= 0.3 is 0 Å². The van der Waals surface area contributed by atoms with E-state index in [9.17, 15) is 0 Å². The quantitative estimate of drug-likeness (QED) is 0.587. The van der Waals surface area contributed by atoms with Gasteiger partial charge in [0.05, 0.1) is 6.04 Å². The van der Waals surface area contributed by atoms with Crippen LogP contribution in [-0.4, -0.2) is 50.8 Å². The molecule has 2 aliphatic heterocycles. The van der Waals surface area contributed by atoms with Crippen LogP contribution in [0.5, 0.6) is 0 Å². The highest BCUT2D eigenvalue weighted by atomic mass is 15.3. The number of fused-ring (bicyclic) bond motifs is 2. The van der Waals surface area contributed by atoms with Crippen LogP contribution in [0.3, 0.4) is 0 Å². The molecule has 2 bridgehead atoms. The third-order valence-electron chi connectivity index (χ3n) is 6.89. The predicted octanol–water partition coefficient (Wildman–Crippen LogP) is 2.94. The topological polar surface area (TPSA) is 70.4 Å². The van der Waals surface area contributed by atoms with Crippen molar-refractivity contribution in [3.8, 4) is 0 Å². The number of nitrogens with zero attached hydrogens (tertiary/aromatic N) is 5. The number of aryl methyl sites for hydroxylation is 1. The van der Waals surface area contributed by atoms with Crippen LogP contribution in [0.15, 0.2) is 35.3 Å². The first-order chi connectivity index (χ1) is 14.5. The second-order valence-corrected chi connectivity index (χ2v) is 8.88. The smallest absolute Gasteiger partial charge is 0.192 e. The van der Waals surface area contributed by atoms with Crippen molar-refractivity contribution >= 4 is 5.96 Å². The molecule has 0 saturated carbocycles. The summed E-state index contributed by atoms with van der Waals surface area (Å²) in [7, 11) is 4.29. The summed E-state index contributed by atoms with van der Waals surface area (Å²) >= 11 is 0. The lowest BCUT2D eigenvalue weighted by molar-refractivity contribution is 0.0526. The molecule has 7 heteroatoms. The monoisotopic (exact) mass is 409 g/mol. The van der Waals surface area contributed by atoms with Gasteiger partial charge in [-0.05, 0) is 52.1 Å². The molecule has 1 aromatic heterocycles. The number of hydrogen-bond donors (Lipinski definition) is 2. The highest BCUT2D eigenvalue weighted by Gasteiger charge is 2.36. The summed E-state index contributed by atoms with van der Waals surface area (Å²) in [4.78, 5) is 7.50. The average molecular weight is 410 g/mol. The first kappa shape index (κ1) is 20.8. The molecule has 7 nitrogen and oxygen atoms in total. The van der Waals surface area contributed by atoms with Crippen LogP contribution in [0, 0.1) is 6.92 Å². The van der Waals surface area contributed by atoms with Crippen molar-refractivity contribution < 1.29 is 0 Å². The van der Waals surface area contributed by atoms with Gasteiger partial charge in [-0.2, -0.15) is 0 Å². The van der Waals surface area contributed by atoms with Crippen molar-refractivity contribution in [3.05, 3.63) is 47.5 Å². The second kappa shape index (κ2) is 9.16. The fourth-order valence-corrected chi connectivity index (χ4v) is 4.83. The third-order valence-corrected chi connectivity index (χ3v) is 6.89. The molecular formula is C23H35N7. The molecule has 30 heavy (non-hydrogen) atoms. The predicted molar refractivity (Wildman–Crippen MR) is 120 cm³/mol. The van der Waals surface area contributed by atoms with E-state index >= 15 is 0 Å². The SMILES string of the molecule is Cc1nnc(CN=C(NC2CC3CCCC(C2)N3C)NC(C)c2ccccc2)n1C. The Balaban J connectivity index is 1.49. The fourth-order valence-electron chi connectivity index (χ4n) is 4.83. The summed E-state index contributed by atoms with van der Waals surface area (Å²) in [5.74, 6) is 2.64. The Kier molecular flexibility index (Phi) is 6.37. The van der Waals surface area contributed by atoms with E-state index in [1.165, 1.54) is 37.7 Å². The fraction of sp³-hybridized carbons (Fsp3) is 0.609. The van der Waals surface area contributed by atoms with Crippen molar-refractivity contribution in [1.29, 1.82) is 0 Å². The summed E-state index contributed by atoms with van der Waals surface area (Å²) in [6.07, 6.45) is 6.34. The van der Waals surface area contributed by atoms with Crippen molar-refractivity contribution in [3.63, 3.8) is 0 Å². The highest BCUT2D eigenvalue weighted by Crippen LogP contribution is 2.32. The summed E-state index contributed by atoms with van der Waals surface area (Å²) in [5.41, 5.74) is 1.25. The maximum Gasteiger partial charge on any atom is 0.192 e. The van der Waals surface area contributed by atoms with Crippen LogP contribution >= 0.6 is 0 Å². The van der Waals surface area contributed by atoms with Crippen LogP contribution in [0.1, 0.15) is 62.3 Å². The van der Waals surface area contributed by atoms with E-state index in [0.29, 0.717) is 24.7 Å². The summed E-state index contributed by atoms with van der Waals surface area (Å²) in [5, 5.41) is 15.8. The van der Waals surface area contributed by atoms with E-state index in [2.05, 4.69) is 70.0 Å². The summed E-state index contributed by atoms with van der Waals surface area (Å²) < 4.78 is 2.00. The number of benzene rings is 1. The zero-order chi connectivity index (χ0) is 21.1. The Morgan fingerprint density at radius 1 is 1.13 bits per heavy atom. The second-order valence-electron chi connectivity index (χ2n) is 8.88. The largest absolute Gasteiger partial charge is 0.354 e. The Labute approximate surface area is 180 Å². The maximum absolute atomic E-state index is 4.90. The number of rotatable bonds is 5. The molecular weight excluding hydrogens is 374 g/mol. The first-order valence-electron chi connectivity index (χ1n) is 11.2. The number of piperidine rings is 2. The van der Waals surface area contributed by atoms with Gasteiger partial charge in [0.1, 0.15) is 12.4 Å². The Morgan fingerprint density at radius 2 is 1.83 bits per heavy atom. The van der Waals surface area contributed by atoms with Gasteiger partial charge in [-0.1, -0.05) is 36.8 Å². The van der Waals surface area contributed by atoms with Gasteiger partial charge in [0.2, 0.25) is 0 Å². The van der Waals surface area contributed by atoms with Gasteiger partial charge in [0.15, 0.2) is 11.8 Å². The van der Waals surface area contributed by atoms with Crippen molar-refractivity contribution in [2.45, 2.75) is 76.7 Å². The van der Waals surface area contributed by atoms with E-state index in [-0.39, 0.29) is 6.04 Å².